The Labute approximate surface area is 191 Å². The minimum Gasteiger partial charge on any atom is -0.316 e. The first-order chi connectivity index (χ1) is 15.5. The third-order valence-electron chi connectivity index (χ3n) is 6.38. The van der Waals surface area contributed by atoms with Crippen LogP contribution in [0.4, 0.5) is 10.9 Å². The largest absolute Gasteiger partial charge is 0.328 e. The molecule has 0 atom stereocenters. The molecule has 1 aliphatic rings. The van der Waals surface area contributed by atoms with Gasteiger partial charge in [0.25, 0.3) is 0 Å². The molecule has 0 radical (unpaired) electrons. The lowest BCUT2D eigenvalue weighted by atomic mass is 9.93. The highest BCUT2D eigenvalue weighted by atomic mass is 32.1. The number of aryl methyl sites for hydroxylation is 3. The summed E-state index contributed by atoms with van der Waals surface area (Å²) in [6.45, 7) is 5.05. The van der Waals surface area contributed by atoms with E-state index in [1.807, 2.05) is 26.4 Å². The number of pyridine rings is 1. The number of thiazole rings is 1. The zero-order valence-corrected chi connectivity index (χ0v) is 19.5. The molecule has 1 N–H and O–H groups in total. The number of aromatic nitrogens is 4. The predicted molar refractivity (Wildman–Crippen MR) is 130 cm³/mol. The summed E-state index contributed by atoms with van der Waals surface area (Å²) in [7, 11) is 3.66. The number of anilines is 2. The molecule has 32 heavy (non-hydrogen) atoms. The standard InChI is InChI=1S/C24H28N6OS/c1-16-14-25-23(32-16)27-22-6-4-5-19(26-22)18-9-11-30(12-10-18)15-17-7-8-20-21(13-17)29(3)24(31)28(20)2/h4-8,13-14,18H,9-12,15H2,1-3H3,(H,25,26,27). The van der Waals surface area contributed by atoms with Crippen LogP contribution in [0.1, 0.15) is 34.9 Å². The lowest BCUT2D eigenvalue weighted by molar-refractivity contribution is 0.203. The molecular formula is C24H28N6OS. The number of rotatable bonds is 5. The highest BCUT2D eigenvalue weighted by molar-refractivity contribution is 7.15. The summed E-state index contributed by atoms with van der Waals surface area (Å²) in [6.07, 6.45) is 4.07. The molecular weight excluding hydrogens is 420 g/mol. The first-order valence-corrected chi connectivity index (χ1v) is 11.8. The zero-order valence-electron chi connectivity index (χ0n) is 18.7. The predicted octanol–water partition coefficient (Wildman–Crippen LogP) is 4.16. The van der Waals surface area contributed by atoms with Crippen LogP contribution < -0.4 is 11.0 Å². The molecule has 7 nitrogen and oxygen atoms in total. The molecule has 0 saturated carbocycles. The van der Waals surface area contributed by atoms with E-state index in [2.05, 4.69) is 52.5 Å². The molecule has 1 fully saturated rings. The Morgan fingerprint density at radius 2 is 1.88 bits per heavy atom. The molecule has 4 aromatic rings. The fourth-order valence-electron chi connectivity index (χ4n) is 4.57. The summed E-state index contributed by atoms with van der Waals surface area (Å²) in [5.41, 5.74) is 4.40. The molecule has 5 rings (SSSR count). The zero-order chi connectivity index (χ0) is 22.2. The maximum atomic E-state index is 12.2. The van der Waals surface area contributed by atoms with Crippen LogP contribution in [0.3, 0.4) is 0 Å². The first-order valence-electron chi connectivity index (χ1n) is 11.0. The van der Waals surface area contributed by atoms with Gasteiger partial charge in [0.05, 0.1) is 11.0 Å². The van der Waals surface area contributed by atoms with E-state index in [-0.39, 0.29) is 5.69 Å². The Morgan fingerprint density at radius 1 is 1.09 bits per heavy atom. The number of nitrogens with one attached hydrogen (secondary N) is 1. The van der Waals surface area contributed by atoms with Gasteiger partial charge in [0.2, 0.25) is 0 Å². The van der Waals surface area contributed by atoms with Crippen molar-refractivity contribution in [2.24, 2.45) is 14.1 Å². The van der Waals surface area contributed by atoms with Gasteiger partial charge in [-0.25, -0.2) is 14.8 Å². The van der Waals surface area contributed by atoms with Gasteiger partial charge in [0.1, 0.15) is 5.82 Å². The van der Waals surface area contributed by atoms with E-state index in [4.69, 9.17) is 4.98 Å². The van der Waals surface area contributed by atoms with Crippen molar-refractivity contribution in [3.8, 4) is 0 Å². The number of piperidine rings is 1. The SMILES string of the molecule is Cc1cnc(Nc2cccc(C3CCN(Cc4ccc5c(c4)n(C)c(=O)n5C)CC3)n2)s1. The van der Waals surface area contributed by atoms with Gasteiger partial charge in [-0.2, -0.15) is 0 Å². The van der Waals surface area contributed by atoms with Gasteiger partial charge in [-0.1, -0.05) is 12.1 Å². The quantitative estimate of drug-likeness (QED) is 0.497. The summed E-state index contributed by atoms with van der Waals surface area (Å²) in [6, 6.07) is 12.6. The summed E-state index contributed by atoms with van der Waals surface area (Å²) < 4.78 is 3.43. The molecule has 3 aromatic heterocycles. The average Bonchev–Trinajstić information content (AvgIpc) is 3.30. The van der Waals surface area contributed by atoms with Crippen LogP contribution >= 0.6 is 11.3 Å². The Balaban J connectivity index is 1.23. The third kappa shape index (κ3) is 4.08. The lowest BCUT2D eigenvalue weighted by Crippen LogP contribution is -2.32. The van der Waals surface area contributed by atoms with Gasteiger partial charge in [-0.3, -0.25) is 14.0 Å². The van der Waals surface area contributed by atoms with Gasteiger partial charge in [0, 0.05) is 43.3 Å². The van der Waals surface area contributed by atoms with Crippen molar-refractivity contribution in [1.29, 1.82) is 0 Å². The minimum atomic E-state index is 0.0205. The average molecular weight is 449 g/mol. The van der Waals surface area contributed by atoms with Crippen LogP contribution in [0.25, 0.3) is 11.0 Å². The van der Waals surface area contributed by atoms with Crippen molar-refractivity contribution >= 4 is 33.3 Å². The molecule has 1 aromatic carbocycles. The Bertz CT molecular complexity index is 1310. The number of fused-ring (bicyclic) bond motifs is 1. The molecule has 0 amide bonds. The van der Waals surface area contributed by atoms with E-state index in [1.165, 1.54) is 10.4 Å². The van der Waals surface area contributed by atoms with Crippen LogP contribution in [0, 0.1) is 6.92 Å². The second kappa shape index (κ2) is 8.52. The van der Waals surface area contributed by atoms with Crippen molar-refractivity contribution in [1.82, 2.24) is 24.0 Å². The van der Waals surface area contributed by atoms with Crippen LogP contribution in [0.15, 0.2) is 47.4 Å². The molecule has 4 heterocycles. The van der Waals surface area contributed by atoms with E-state index < -0.39 is 0 Å². The van der Waals surface area contributed by atoms with E-state index in [1.54, 1.807) is 20.5 Å². The van der Waals surface area contributed by atoms with Gasteiger partial charge < -0.3 is 5.32 Å². The van der Waals surface area contributed by atoms with E-state index in [0.717, 1.165) is 60.2 Å². The number of hydrogen-bond donors (Lipinski definition) is 1. The van der Waals surface area contributed by atoms with Gasteiger partial charge in [-0.15, -0.1) is 11.3 Å². The summed E-state index contributed by atoms with van der Waals surface area (Å²) >= 11 is 1.64. The first kappa shape index (κ1) is 20.9. The monoisotopic (exact) mass is 448 g/mol. The number of imidazole rings is 1. The van der Waals surface area contributed by atoms with E-state index in [0.29, 0.717) is 5.92 Å². The minimum absolute atomic E-state index is 0.0205. The molecule has 1 aliphatic heterocycles. The Hall–Kier alpha value is -2.97. The fraction of sp³-hybridized carbons (Fsp3) is 0.375. The molecule has 0 unspecified atom stereocenters. The van der Waals surface area contributed by atoms with Crippen LogP contribution in [-0.4, -0.2) is 37.1 Å². The summed E-state index contributed by atoms with van der Waals surface area (Å²) in [5, 5.41) is 4.21. The second-order valence-electron chi connectivity index (χ2n) is 8.62. The molecule has 0 aliphatic carbocycles. The Morgan fingerprint density at radius 3 is 2.62 bits per heavy atom. The van der Waals surface area contributed by atoms with E-state index >= 15 is 0 Å². The molecule has 8 heteroatoms. The van der Waals surface area contributed by atoms with Crippen LogP contribution in [0.5, 0.6) is 0 Å². The second-order valence-corrected chi connectivity index (χ2v) is 9.86. The smallest absolute Gasteiger partial charge is 0.316 e. The highest BCUT2D eigenvalue weighted by Gasteiger charge is 2.22. The molecule has 166 valence electrons. The Kier molecular flexibility index (Phi) is 5.57. The van der Waals surface area contributed by atoms with Crippen molar-refractivity contribution in [2.75, 3.05) is 18.4 Å². The normalized spacial score (nSPS) is 15.5. The molecule has 0 bridgehead atoms. The third-order valence-corrected chi connectivity index (χ3v) is 7.20. The maximum Gasteiger partial charge on any atom is 0.328 e. The number of benzene rings is 1. The van der Waals surface area contributed by atoms with Crippen LogP contribution in [0.2, 0.25) is 0 Å². The van der Waals surface area contributed by atoms with Gasteiger partial charge in [0.15, 0.2) is 5.13 Å². The summed E-state index contributed by atoms with van der Waals surface area (Å²) in [4.78, 5) is 25.1. The maximum absolute atomic E-state index is 12.2. The number of hydrogen-bond acceptors (Lipinski definition) is 6. The lowest BCUT2D eigenvalue weighted by Gasteiger charge is -2.31. The van der Waals surface area contributed by atoms with E-state index in [9.17, 15) is 4.79 Å². The van der Waals surface area contributed by atoms with Crippen molar-refractivity contribution in [3.05, 3.63) is 69.2 Å². The topological polar surface area (TPSA) is 68.0 Å². The van der Waals surface area contributed by atoms with Crippen molar-refractivity contribution < 1.29 is 0 Å². The number of nitrogens with zero attached hydrogens (tertiary/aromatic N) is 5. The molecule has 0 spiro atoms. The van der Waals surface area contributed by atoms with Gasteiger partial charge in [-0.05, 0) is 62.7 Å². The fourth-order valence-corrected chi connectivity index (χ4v) is 5.24. The summed E-state index contributed by atoms with van der Waals surface area (Å²) in [5.74, 6) is 1.34. The van der Waals surface area contributed by atoms with Gasteiger partial charge >= 0.3 is 5.69 Å². The van der Waals surface area contributed by atoms with Crippen LogP contribution in [-0.2, 0) is 20.6 Å². The molecule has 1 saturated heterocycles. The highest BCUT2D eigenvalue weighted by Crippen LogP contribution is 2.29. The number of likely N-dealkylation sites (tertiary alicyclic amines) is 1. The van der Waals surface area contributed by atoms with Crippen molar-refractivity contribution in [2.45, 2.75) is 32.2 Å². The van der Waals surface area contributed by atoms with Crippen molar-refractivity contribution in [3.63, 3.8) is 0 Å².